The summed E-state index contributed by atoms with van der Waals surface area (Å²) in [6.45, 7) is 0. The third kappa shape index (κ3) is 5.05. The van der Waals surface area contributed by atoms with Crippen molar-refractivity contribution in [3.63, 3.8) is 0 Å². The molecule has 3 rings (SSSR count). The number of hydrogen-bond acceptors (Lipinski definition) is 5. The van der Waals surface area contributed by atoms with Crippen molar-refractivity contribution in [3.05, 3.63) is 46.2 Å². The van der Waals surface area contributed by atoms with E-state index in [-0.39, 0.29) is 11.0 Å². The summed E-state index contributed by atoms with van der Waals surface area (Å²) in [7, 11) is 0. The molecule has 0 spiro atoms. The molecule has 2 aromatic rings. The molecule has 1 aliphatic rings. The van der Waals surface area contributed by atoms with Crippen LogP contribution >= 0.6 is 23.6 Å². The molecule has 0 atom stereocenters. The van der Waals surface area contributed by atoms with Gasteiger partial charge in [-0.1, -0.05) is 12.8 Å². The molecule has 8 heteroatoms. The summed E-state index contributed by atoms with van der Waals surface area (Å²) in [6, 6.07) is 3.47. The van der Waals surface area contributed by atoms with Crippen LogP contribution in [0.5, 0.6) is 0 Å². The van der Waals surface area contributed by atoms with E-state index in [4.69, 9.17) is 22.4 Å². The van der Waals surface area contributed by atoms with Crippen molar-refractivity contribution < 1.29 is 14.0 Å². The van der Waals surface area contributed by atoms with Crippen LogP contribution in [0.15, 0.2) is 28.9 Å². The Balaban J connectivity index is 1.70. The number of nitrogens with two attached hydrogens (primary N) is 1. The number of carbonyl (C=O) groups is 2. The number of thiocarbonyl (C=S) groups is 1. The zero-order chi connectivity index (χ0) is 19.2. The number of hydrogen-bond donors (Lipinski definition) is 3. The minimum atomic E-state index is -0.470. The van der Waals surface area contributed by atoms with Crippen LogP contribution in [0.4, 0.5) is 5.00 Å². The molecule has 142 valence electrons. The molecule has 0 aliphatic heterocycles. The summed E-state index contributed by atoms with van der Waals surface area (Å²) in [6.07, 6.45) is 10.7. The van der Waals surface area contributed by atoms with E-state index in [9.17, 15) is 9.59 Å². The zero-order valence-electron chi connectivity index (χ0n) is 14.7. The number of aryl methyl sites for hydroxylation is 1. The molecule has 4 N–H and O–H groups in total. The molecule has 0 aromatic carbocycles. The van der Waals surface area contributed by atoms with Crippen molar-refractivity contribution in [2.24, 2.45) is 5.73 Å². The third-order valence-electron chi connectivity index (χ3n) is 4.32. The lowest BCUT2D eigenvalue weighted by atomic mass is 9.96. The highest BCUT2D eigenvalue weighted by molar-refractivity contribution is 7.80. The van der Waals surface area contributed by atoms with E-state index in [0.29, 0.717) is 16.3 Å². The molecule has 27 heavy (non-hydrogen) atoms. The number of amides is 2. The van der Waals surface area contributed by atoms with Gasteiger partial charge in [-0.3, -0.25) is 14.9 Å². The lowest BCUT2D eigenvalue weighted by molar-refractivity contribution is -0.115. The molecular formula is C19H21N3O3S2. The molecule has 0 bridgehead atoms. The summed E-state index contributed by atoms with van der Waals surface area (Å²) < 4.78 is 5.13. The summed E-state index contributed by atoms with van der Waals surface area (Å²) in [5.74, 6) is -0.292. The maximum absolute atomic E-state index is 12.0. The Hall–Kier alpha value is -2.45. The van der Waals surface area contributed by atoms with E-state index in [0.717, 1.165) is 37.7 Å². The van der Waals surface area contributed by atoms with Gasteiger partial charge in [0, 0.05) is 11.0 Å². The molecule has 2 amide bonds. The first-order valence-corrected chi connectivity index (χ1v) is 10.0. The third-order valence-corrected chi connectivity index (χ3v) is 5.74. The normalized spacial score (nSPS) is 14.2. The predicted molar refractivity (Wildman–Crippen MR) is 111 cm³/mol. The Bertz CT molecular complexity index is 869. The molecule has 0 saturated heterocycles. The van der Waals surface area contributed by atoms with Crippen molar-refractivity contribution in [2.45, 2.75) is 38.5 Å². The Morgan fingerprint density at radius 2 is 2.00 bits per heavy atom. The van der Waals surface area contributed by atoms with Gasteiger partial charge in [0.25, 0.3) is 5.91 Å². The van der Waals surface area contributed by atoms with E-state index < -0.39 is 5.91 Å². The number of anilines is 1. The van der Waals surface area contributed by atoms with E-state index in [2.05, 4.69) is 10.6 Å². The van der Waals surface area contributed by atoms with Crippen LogP contribution < -0.4 is 16.4 Å². The maximum Gasteiger partial charge on any atom is 0.251 e. The van der Waals surface area contributed by atoms with Crippen molar-refractivity contribution >= 4 is 51.6 Å². The predicted octanol–water partition coefficient (Wildman–Crippen LogP) is 3.63. The van der Waals surface area contributed by atoms with Crippen molar-refractivity contribution in [2.75, 3.05) is 5.32 Å². The summed E-state index contributed by atoms with van der Waals surface area (Å²) in [5, 5.41) is 6.28. The quantitative estimate of drug-likeness (QED) is 0.535. The standard InChI is InChI=1S/C19H21N3O3S2/c20-17(24)16-13-7-3-1-2-4-8-14(13)27-18(16)22-19(26)21-15(23)10-9-12-6-5-11-25-12/h5-6,9-11H,1-4,7-8H2,(H2,20,24)(H2,21,22,23,26)/b10-9+. The van der Waals surface area contributed by atoms with Gasteiger partial charge in [-0.25, -0.2) is 0 Å². The molecule has 0 saturated carbocycles. The molecule has 0 unspecified atom stereocenters. The number of rotatable bonds is 4. The number of carbonyl (C=O) groups excluding carboxylic acids is 2. The first-order valence-electron chi connectivity index (χ1n) is 8.82. The highest BCUT2D eigenvalue weighted by Crippen LogP contribution is 2.36. The Morgan fingerprint density at radius 1 is 1.22 bits per heavy atom. The minimum absolute atomic E-state index is 0.126. The van der Waals surface area contributed by atoms with Crippen LogP contribution in [0.2, 0.25) is 0 Å². The molecule has 2 heterocycles. The van der Waals surface area contributed by atoms with Crippen LogP contribution in [-0.4, -0.2) is 16.9 Å². The van der Waals surface area contributed by atoms with Gasteiger partial charge >= 0.3 is 0 Å². The Morgan fingerprint density at radius 3 is 2.70 bits per heavy atom. The largest absolute Gasteiger partial charge is 0.465 e. The highest BCUT2D eigenvalue weighted by atomic mass is 32.1. The summed E-state index contributed by atoms with van der Waals surface area (Å²) in [4.78, 5) is 25.2. The van der Waals surface area contributed by atoms with Gasteiger partial charge in [0.1, 0.15) is 10.8 Å². The fourth-order valence-corrected chi connectivity index (χ4v) is 4.67. The van der Waals surface area contributed by atoms with Crippen LogP contribution in [0.3, 0.4) is 0 Å². The zero-order valence-corrected chi connectivity index (χ0v) is 16.4. The van der Waals surface area contributed by atoms with Gasteiger partial charge in [-0.2, -0.15) is 0 Å². The molecule has 0 radical (unpaired) electrons. The highest BCUT2D eigenvalue weighted by Gasteiger charge is 2.23. The smallest absolute Gasteiger partial charge is 0.251 e. The van der Waals surface area contributed by atoms with Crippen molar-refractivity contribution in [1.29, 1.82) is 0 Å². The molecule has 2 aromatic heterocycles. The van der Waals surface area contributed by atoms with Gasteiger partial charge in [-0.15, -0.1) is 11.3 Å². The van der Waals surface area contributed by atoms with Crippen LogP contribution in [0, 0.1) is 0 Å². The second-order valence-corrected chi connectivity index (χ2v) is 7.79. The number of fused-ring (bicyclic) bond motifs is 1. The van der Waals surface area contributed by atoms with Gasteiger partial charge < -0.3 is 15.5 Å². The maximum atomic E-state index is 12.0. The second-order valence-electron chi connectivity index (χ2n) is 6.28. The number of nitrogens with one attached hydrogen (secondary N) is 2. The summed E-state index contributed by atoms with van der Waals surface area (Å²) >= 11 is 6.72. The average Bonchev–Trinajstić information content (AvgIpc) is 3.21. The first-order chi connectivity index (χ1) is 13.0. The Kier molecular flexibility index (Phi) is 6.41. The van der Waals surface area contributed by atoms with Gasteiger partial charge in [-0.05, 0) is 61.7 Å². The van der Waals surface area contributed by atoms with E-state index in [1.54, 1.807) is 18.2 Å². The van der Waals surface area contributed by atoms with E-state index in [1.807, 2.05) is 0 Å². The minimum Gasteiger partial charge on any atom is -0.465 e. The van der Waals surface area contributed by atoms with Crippen molar-refractivity contribution in [1.82, 2.24) is 5.32 Å². The molecule has 0 fully saturated rings. The average molecular weight is 404 g/mol. The van der Waals surface area contributed by atoms with Crippen molar-refractivity contribution in [3.8, 4) is 0 Å². The fraction of sp³-hybridized carbons (Fsp3) is 0.316. The monoisotopic (exact) mass is 403 g/mol. The molecule has 1 aliphatic carbocycles. The number of thiophene rings is 1. The lowest BCUT2D eigenvalue weighted by Gasteiger charge is -2.10. The molecule has 6 nitrogen and oxygen atoms in total. The second kappa shape index (κ2) is 8.96. The van der Waals surface area contributed by atoms with Gasteiger partial charge in [0.15, 0.2) is 5.11 Å². The van der Waals surface area contributed by atoms with Crippen LogP contribution in [-0.2, 0) is 17.6 Å². The first kappa shape index (κ1) is 19.3. The van der Waals surface area contributed by atoms with Crippen LogP contribution in [0.1, 0.15) is 52.2 Å². The van der Waals surface area contributed by atoms with Gasteiger partial charge in [0.05, 0.1) is 11.8 Å². The Labute approximate surface area is 166 Å². The van der Waals surface area contributed by atoms with Gasteiger partial charge in [0.2, 0.25) is 5.91 Å². The molecular weight excluding hydrogens is 382 g/mol. The topological polar surface area (TPSA) is 97.4 Å². The van der Waals surface area contributed by atoms with Crippen LogP contribution in [0.25, 0.3) is 6.08 Å². The lowest BCUT2D eigenvalue weighted by Crippen LogP contribution is -2.33. The fourth-order valence-electron chi connectivity index (χ4n) is 3.10. The number of primary amides is 1. The summed E-state index contributed by atoms with van der Waals surface area (Å²) in [5.41, 5.74) is 7.16. The number of furan rings is 1. The SMILES string of the molecule is NC(=O)c1c(NC(=S)NC(=O)/C=C/c2ccco2)sc2c1CCCCCC2. The van der Waals surface area contributed by atoms with E-state index in [1.165, 1.54) is 35.0 Å². The van der Waals surface area contributed by atoms with E-state index >= 15 is 0 Å².